The van der Waals surface area contributed by atoms with Crippen LogP contribution in [0.5, 0.6) is 11.5 Å². The van der Waals surface area contributed by atoms with Gasteiger partial charge in [-0.1, -0.05) is 12.0 Å². The Morgan fingerprint density at radius 1 is 0.949 bits per heavy atom. The molecule has 0 atom stereocenters. The highest BCUT2D eigenvalue weighted by atomic mass is 16.5. The van der Waals surface area contributed by atoms with Gasteiger partial charge in [0, 0.05) is 55.1 Å². The lowest BCUT2D eigenvalue weighted by Gasteiger charge is -2.25. The van der Waals surface area contributed by atoms with Crippen molar-refractivity contribution in [1.82, 2.24) is 14.9 Å². The first-order valence-electron chi connectivity index (χ1n) is 12.6. The lowest BCUT2D eigenvalue weighted by Crippen LogP contribution is -2.36. The largest absolute Gasteiger partial charge is 0.457 e. The smallest absolute Gasteiger partial charge is 0.300 e. The van der Waals surface area contributed by atoms with Crippen LogP contribution in [0.25, 0.3) is 10.9 Å². The Morgan fingerprint density at radius 3 is 2.59 bits per heavy atom. The summed E-state index contributed by atoms with van der Waals surface area (Å²) in [5.74, 6) is 6.57. The number of fused-ring (bicyclic) bond motifs is 1. The summed E-state index contributed by atoms with van der Waals surface area (Å²) in [4.78, 5) is 35.6. The van der Waals surface area contributed by atoms with E-state index in [1.165, 1.54) is 0 Å². The summed E-state index contributed by atoms with van der Waals surface area (Å²) in [6, 6.07) is 19.3. The molecule has 1 aliphatic rings. The Bertz CT molecular complexity index is 1510. The molecule has 0 unspecified atom stereocenters. The Hall–Kier alpha value is -4.78. The number of nitrogens with zero attached hydrogens (tertiary/aromatic N) is 3. The van der Waals surface area contributed by atoms with Crippen molar-refractivity contribution in [2.45, 2.75) is 6.42 Å². The van der Waals surface area contributed by atoms with Crippen LogP contribution in [0.15, 0.2) is 79.1 Å². The molecule has 4 aromatic rings. The van der Waals surface area contributed by atoms with Crippen molar-refractivity contribution >= 4 is 34.2 Å². The van der Waals surface area contributed by atoms with Crippen molar-refractivity contribution in [3.63, 3.8) is 0 Å². The number of morpholine rings is 1. The summed E-state index contributed by atoms with van der Waals surface area (Å²) in [5.41, 5.74) is 1.78. The molecular formula is C30H27N5O4. The third-order valence-corrected chi connectivity index (χ3v) is 6.07. The second-order valence-corrected chi connectivity index (χ2v) is 8.80. The van der Waals surface area contributed by atoms with Crippen LogP contribution in [0.4, 0.5) is 11.5 Å². The lowest BCUT2D eigenvalue weighted by molar-refractivity contribution is -0.111. The van der Waals surface area contributed by atoms with Gasteiger partial charge in [0.15, 0.2) is 0 Å². The quantitative estimate of drug-likeness (QED) is 0.349. The molecule has 1 saturated heterocycles. The number of carbonyl (C=O) groups is 2. The van der Waals surface area contributed by atoms with Gasteiger partial charge in [0.1, 0.15) is 17.3 Å². The second kappa shape index (κ2) is 12.6. The standard InChI is InChI=1S/C30H27N5O4/c36-29(6-2-4-16-35-17-19-38-20-18-35)33-23-9-12-26-25(21-23)27(13-15-31-26)39-24-10-7-22(8-11-24)30(37)34-28-5-1-3-14-32-28/h1,3,5,7-15,21H,4,16-20H2,(H,33,36)(H,32,34,37). The van der Waals surface area contributed by atoms with Crippen molar-refractivity contribution in [2.75, 3.05) is 43.5 Å². The van der Waals surface area contributed by atoms with E-state index in [9.17, 15) is 9.59 Å². The second-order valence-electron chi connectivity index (χ2n) is 8.80. The van der Waals surface area contributed by atoms with Gasteiger partial charge in [0.05, 0.1) is 18.7 Å². The van der Waals surface area contributed by atoms with Gasteiger partial charge in [-0.3, -0.25) is 19.5 Å². The van der Waals surface area contributed by atoms with Gasteiger partial charge in [-0.15, -0.1) is 0 Å². The third-order valence-electron chi connectivity index (χ3n) is 6.07. The van der Waals surface area contributed by atoms with Gasteiger partial charge in [-0.2, -0.15) is 0 Å². The predicted molar refractivity (Wildman–Crippen MR) is 149 cm³/mol. The van der Waals surface area contributed by atoms with E-state index in [1.54, 1.807) is 73.1 Å². The van der Waals surface area contributed by atoms with Crippen molar-refractivity contribution in [2.24, 2.45) is 0 Å². The Labute approximate surface area is 226 Å². The molecule has 2 aromatic heterocycles. The summed E-state index contributed by atoms with van der Waals surface area (Å²) in [6.07, 6.45) is 3.89. The molecule has 0 bridgehead atoms. The van der Waals surface area contributed by atoms with E-state index in [-0.39, 0.29) is 11.8 Å². The highest BCUT2D eigenvalue weighted by Gasteiger charge is 2.11. The number of hydrogen-bond acceptors (Lipinski definition) is 7. The first-order valence-corrected chi connectivity index (χ1v) is 12.6. The average Bonchev–Trinajstić information content (AvgIpc) is 2.97. The Kier molecular flexibility index (Phi) is 8.38. The number of carbonyl (C=O) groups excluding carboxylic acids is 2. The van der Waals surface area contributed by atoms with Gasteiger partial charge in [-0.25, -0.2) is 4.98 Å². The topological polar surface area (TPSA) is 106 Å². The first-order chi connectivity index (χ1) is 19.1. The summed E-state index contributed by atoms with van der Waals surface area (Å²) in [5, 5.41) is 6.31. The van der Waals surface area contributed by atoms with Gasteiger partial charge >= 0.3 is 0 Å². The van der Waals surface area contributed by atoms with E-state index in [0.717, 1.165) is 38.2 Å². The minimum atomic E-state index is -0.373. The number of rotatable bonds is 7. The number of anilines is 2. The molecule has 2 amide bonds. The van der Waals surface area contributed by atoms with E-state index >= 15 is 0 Å². The number of hydrogen-bond donors (Lipinski definition) is 2. The summed E-state index contributed by atoms with van der Waals surface area (Å²) in [7, 11) is 0. The summed E-state index contributed by atoms with van der Waals surface area (Å²) in [6.45, 7) is 4.10. The van der Waals surface area contributed by atoms with Crippen LogP contribution < -0.4 is 15.4 Å². The number of nitrogens with one attached hydrogen (secondary N) is 2. The monoisotopic (exact) mass is 521 g/mol. The molecule has 1 aliphatic heterocycles. The normalized spacial score (nSPS) is 13.2. The molecule has 0 aliphatic carbocycles. The molecule has 9 nitrogen and oxygen atoms in total. The zero-order valence-electron chi connectivity index (χ0n) is 21.2. The van der Waals surface area contributed by atoms with Crippen molar-refractivity contribution in [1.29, 1.82) is 0 Å². The van der Waals surface area contributed by atoms with Crippen LogP contribution >= 0.6 is 0 Å². The van der Waals surface area contributed by atoms with Crippen LogP contribution in [0.1, 0.15) is 16.8 Å². The molecule has 3 heterocycles. The number of ether oxygens (including phenoxy) is 2. The van der Waals surface area contributed by atoms with Gasteiger partial charge < -0.3 is 20.1 Å². The van der Waals surface area contributed by atoms with Crippen LogP contribution in [-0.4, -0.2) is 59.5 Å². The molecule has 5 rings (SSSR count). The molecule has 1 fully saturated rings. The van der Waals surface area contributed by atoms with Gasteiger partial charge in [0.2, 0.25) is 0 Å². The molecule has 0 spiro atoms. The van der Waals surface area contributed by atoms with E-state index in [2.05, 4.69) is 37.3 Å². The highest BCUT2D eigenvalue weighted by molar-refractivity contribution is 6.05. The molecular weight excluding hydrogens is 494 g/mol. The fourth-order valence-corrected chi connectivity index (χ4v) is 4.06. The predicted octanol–water partition coefficient (Wildman–Crippen LogP) is 4.34. The molecule has 9 heteroatoms. The zero-order valence-corrected chi connectivity index (χ0v) is 21.2. The lowest BCUT2D eigenvalue weighted by atomic mass is 10.1. The van der Waals surface area contributed by atoms with E-state index in [0.29, 0.717) is 40.5 Å². The van der Waals surface area contributed by atoms with E-state index < -0.39 is 0 Å². The van der Waals surface area contributed by atoms with E-state index in [1.807, 2.05) is 6.07 Å². The fourth-order valence-electron chi connectivity index (χ4n) is 4.06. The summed E-state index contributed by atoms with van der Waals surface area (Å²) < 4.78 is 11.4. The maximum Gasteiger partial charge on any atom is 0.300 e. The maximum absolute atomic E-state index is 12.5. The molecule has 0 radical (unpaired) electrons. The van der Waals surface area contributed by atoms with Gasteiger partial charge in [0.25, 0.3) is 11.8 Å². The Morgan fingerprint density at radius 2 is 1.79 bits per heavy atom. The molecule has 196 valence electrons. The minimum Gasteiger partial charge on any atom is -0.457 e. The minimum absolute atomic E-state index is 0.265. The molecule has 2 N–H and O–H groups in total. The Balaban J connectivity index is 1.22. The SMILES string of the molecule is O=C(C#CCCN1CCOCC1)Nc1ccc2nccc(Oc3ccc(C(=O)Nc4ccccn4)cc3)c2c1. The van der Waals surface area contributed by atoms with E-state index in [4.69, 9.17) is 9.47 Å². The van der Waals surface area contributed by atoms with Gasteiger partial charge in [-0.05, 0) is 66.6 Å². The van der Waals surface area contributed by atoms with Crippen LogP contribution in [0.3, 0.4) is 0 Å². The van der Waals surface area contributed by atoms with Crippen molar-refractivity contribution < 1.29 is 19.1 Å². The number of aromatic nitrogens is 2. The maximum atomic E-state index is 12.5. The highest BCUT2D eigenvalue weighted by Crippen LogP contribution is 2.31. The fraction of sp³-hybridized carbons (Fsp3) is 0.200. The number of pyridine rings is 2. The van der Waals surface area contributed by atoms with Crippen LogP contribution in [-0.2, 0) is 9.53 Å². The average molecular weight is 522 g/mol. The number of amides is 2. The first kappa shape index (κ1) is 25.9. The van der Waals surface area contributed by atoms with Crippen LogP contribution in [0, 0.1) is 11.8 Å². The number of benzene rings is 2. The molecule has 2 aromatic carbocycles. The zero-order chi connectivity index (χ0) is 26.9. The molecule has 39 heavy (non-hydrogen) atoms. The van der Waals surface area contributed by atoms with Crippen LogP contribution in [0.2, 0.25) is 0 Å². The molecule has 0 saturated carbocycles. The van der Waals surface area contributed by atoms with Crippen molar-refractivity contribution in [3.8, 4) is 23.3 Å². The van der Waals surface area contributed by atoms with Crippen molar-refractivity contribution in [3.05, 3.63) is 84.7 Å². The summed E-state index contributed by atoms with van der Waals surface area (Å²) >= 11 is 0. The third kappa shape index (κ3) is 7.17.